The van der Waals surface area contributed by atoms with Crippen molar-refractivity contribution in [2.45, 2.75) is 69.2 Å². The molecular formula is C18H36O. The van der Waals surface area contributed by atoms with Crippen LogP contribution >= 0.6 is 0 Å². The minimum absolute atomic E-state index is 0.300. The molecule has 114 valence electrons. The third kappa shape index (κ3) is 14.7. The Labute approximate surface area is 122 Å². The van der Waals surface area contributed by atoms with E-state index in [1.54, 1.807) is 12.1 Å². The van der Waals surface area contributed by atoms with Crippen LogP contribution in [-0.4, -0.2) is 5.11 Å². The molecule has 0 spiro atoms. The highest BCUT2D eigenvalue weighted by atomic mass is 16.3. The van der Waals surface area contributed by atoms with Crippen molar-refractivity contribution < 1.29 is 5.11 Å². The molecule has 0 amide bonds. The van der Waals surface area contributed by atoms with Gasteiger partial charge in [-0.3, -0.25) is 0 Å². The van der Waals surface area contributed by atoms with Gasteiger partial charge in [-0.05, 0) is 37.1 Å². The van der Waals surface area contributed by atoms with Crippen LogP contribution in [-0.2, 0) is 0 Å². The van der Waals surface area contributed by atoms with Crippen molar-refractivity contribution in [3.8, 4) is 5.75 Å². The van der Waals surface area contributed by atoms with Gasteiger partial charge in [0.15, 0.2) is 0 Å². The second kappa shape index (κ2) is 22.0. The number of phenols is 1. The lowest BCUT2D eigenvalue weighted by atomic mass is 10.0. The molecule has 0 aliphatic heterocycles. The standard InChI is InChI=1S/C10H12O.4C2H6/c1-7(2)10-6-9(11)5-4-8(10)3;4*1-2/h4-6,11H,1H2,2-3H3;4*1-2H3. The van der Waals surface area contributed by atoms with Gasteiger partial charge in [0.05, 0.1) is 0 Å². The molecule has 0 saturated carbocycles. The summed E-state index contributed by atoms with van der Waals surface area (Å²) < 4.78 is 0. The lowest BCUT2D eigenvalue weighted by Gasteiger charge is -2.04. The molecule has 19 heavy (non-hydrogen) atoms. The fourth-order valence-corrected chi connectivity index (χ4v) is 1.07. The minimum atomic E-state index is 0.300. The van der Waals surface area contributed by atoms with Crippen LogP contribution in [0.15, 0.2) is 24.8 Å². The molecule has 1 aromatic rings. The molecule has 0 bridgehead atoms. The van der Waals surface area contributed by atoms with Gasteiger partial charge in [0.1, 0.15) is 5.75 Å². The van der Waals surface area contributed by atoms with E-state index in [2.05, 4.69) is 6.58 Å². The monoisotopic (exact) mass is 268 g/mol. The Morgan fingerprint density at radius 1 is 0.895 bits per heavy atom. The van der Waals surface area contributed by atoms with E-state index < -0.39 is 0 Å². The number of hydrogen-bond acceptors (Lipinski definition) is 1. The first-order chi connectivity index (χ1) is 9.11. The SMILES string of the molecule is C=C(C)c1cc(O)ccc1C.CC.CC.CC.CC. The Hall–Kier alpha value is -1.24. The van der Waals surface area contributed by atoms with E-state index in [0.717, 1.165) is 16.7 Å². The Morgan fingerprint density at radius 2 is 1.26 bits per heavy atom. The molecule has 0 heterocycles. The summed E-state index contributed by atoms with van der Waals surface area (Å²) in [5.41, 5.74) is 3.17. The molecule has 1 heteroatoms. The smallest absolute Gasteiger partial charge is 0.116 e. The molecule has 0 aromatic heterocycles. The van der Waals surface area contributed by atoms with Crippen LogP contribution in [0.1, 0.15) is 73.4 Å². The summed E-state index contributed by atoms with van der Waals surface area (Å²) in [6.45, 7) is 23.8. The molecule has 1 nitrogen and oxygen atoms in total. The topological polar surface area (TPSA) is 20.2 Å². The zero-order valence-corrected chi connectivity index (χ0v) is 14.9. The van der Waals surface area contributed by atoms with Crippen LogP contribution in [0.3, 0.4) is 0 Å². The summed E-state index contributed by atoms with van der Waals surface area (Å²) in [5.74, 6) is 0.300. The van der Waals surface area contributed by atoms with Gasteiger partial charge in [-0.1, -0.05) is 73.6 Å². The normalized spacial score (nSPS) is 6.84. The van der Waals surface area contributed by atoms with Gasteiger partial charge in [-0.2, -0.15) is 0 Å². The lowest BCUT2D eigenvalue weighted by Crippen LogP contribution is -1.82. The average molecular weight is 268 g/mol. The number of benzene rings is 1. The number of rotatable bonds is 1. The maximum Gasteiger partial charge on any atom is 0.116 e. The number of hydrogen-bond donors (Lipinski definition) is 1. The third-order valence-corrected chi connectivity index (χ3v) is 1.68. The number of aryl methyl sites for hydroxylation is 1. The quantitative estimate of drug-likeness (QED) is 0.591. The zero-order valence-electron chi connectivity index (χ0n) is 14.9. The molecule has 0 atom stereocenters. The summed E-state index contributed by atoms with van der Waals surface area (Å²) in [7, 11) is 0. The molecule has 1 aromatic carbocycles. The lowest BCUT2D eigenvalue weighted by molar-refractivity contribution is 0.475. The molecule has 0 aliphatic carbocycles. The maximum atomic E-state index is 9.15. The van der Waals surface area contributed by atoms with Gasteiger partial charge >= 0.3 is 0 Å². The van der Waals surface area contributed by atoms with Gasteiger partial charge in [0.25, 0.3) is 0 Å². The van der Waals surface area contributed by atoms with Crippen molar-refractivity contribution in [2.75, 3.05) is 0 Å². The van der Waals surface area contributed by atoms with Gasteiger partial charge in [0, 0.05) is 0 Å². The first kappa shape index (κ1) is 26.3. The van der Waals surface area contributed by atoms with Crippen molar-refractivity contribution in [1.82, 2.24) is 0 Å². The fraction of sp³-hybridized carbons (Fsp3) is 0.556. The van der Waals surface area contributed by atoms with Gasteiger partial charge in [-0.15, -0.1) is 0 Å². The number of phenolic OH excluding ortho intramolecular Hbond substituents is 1. The van der Waals surface area contributed by atoms with E-state index in [9.17, 15) is 0 Å². The van der Waals surface area contributed by atoms with Crippen molar-refractivity contribution in [1.29, 1.82) is 0 Å². The van der Waals surface area contributed by atoms with Gasteiger partial charge < -0.3 is 5.11 Å². The van der Waals surface area contributed by atoms with E-state index in [-0.39, 0.29) is 0 Å². The van der Waals surface area contributed by atoms with E-state index in [4.69, 9.17) is 5.11 Å². The number of allylic oxidation sites excluding steroid dienone is 1. The highest BCUT2D eigenvalue weighted by Crippen LogP contribution is 2.21. The largest absolute Gasteiger partial charge is 0.508 e. The average Bonchev–Trinajstić information content (AvgIpc) is 2.50. The van der Waals surface area contributed by atoms with Crippen molar-refractivity contribution in [2.24, 2.45) is 0 Å². The molecular weight excluding hydrogens is 232 g/mol. The summed E-state index contributed by atoms with van der Waals surface area (Å²) in [6.07, 6.45) is 0. The van der Waals surface area contributed by atoms with Crippen molar-refractivity contribution in [3.63, 3.8) is 0 Å². The molecule has 0 radical (unpaired) electrons. The molecule has 1 rings (SSSR count). The highest BCUT2D eigenvalue weighted by Gasteiger charge is 1.98. The van der Waals surface area contributed by atoms with Crippen LogP contribution in [0.2, 0.25) is 0 Å². The first-order valence-electron chi connectivity index (χ1n) is 7.57. The minimum Gasteiger partial charge on any atom is -0.508 e. The second-order valence-corrected chi connectivity index (χ2v) is 2.78. The second-order valence-electron chi connectivity index (χ2n) is 2.78. The first-order valence-corrected chi connectivity index (χ1v) is 7.57. The zero-order chi connectivity index (χ0) is 16.4. The molecule has 0 fully saturated rings. The summed E-state index contributed by atoms with van der Waals surface area (Å²) in [5, 5.41) is 9.15. The van der Waals surface area contributed by atoms with Gasteiger partial charge in [0.2, 0.25) is 0 Å². The Bertz CT molecular complexity index is 288. The Balaban J connectivity index is -0.000000121. The Morgan fingerprint density at radius 3 is 1.53 bits per heavy atom. The predicted octanol–water partition coefficient (Wildman–Crippen LogP) is 6.84. The van der Waals surface area contributed by atoms with Crippen molar-refractivity contribution in [3.05, 3.63) is 35.9 Å². The van der Waals surface area contributed by atoms with E-state index in [0.29, 0.717) is 5.75 Å². The summed E-state index contributed by atoms with van der Waals surface area (Å²) >= 11 is 0. The number of aromatic hydroxyl groups is 1. The summed E-state index contributed by atoms with van der Waals surface area (Å²) in [4.78, 5) is 0. The molecule has 0 aliphatic rings. The van der Waals surface area contributed by atoms with Crippen LogP contribution in [0.25, 0.3) is 5.57 Å². The Kier molecular flexibility index (Phi) is 30.5. The van der Waals surface area contributed by atoms with E-state index in [1.807, 2.05) is 75.3 Å². The van der Waals surface area contributed by atoms with Crippen LogP contribution in [0, 0.1) is 6.92 Å². The van der Waals surface area contributed by atoms with Crippen LogP contribution < -0.4 is 0 Å². The predicted molar refractivity (Wildman–Crippen MR) is 92.9 cm³/mol. The summed E-state index contributed by atoms with van der Waals surface area (Å²) in [6, 6.07) is 5.30. The van der Waals surface area contributed by atoms with Crippen LogP contribution in [0.4, 0.5) is 0 Å². The van der Waals surface area contributed by atoms with E-state index >= 15 is 0 Å². The fourth-order valence-electron chi connectivity index (χ4n) is 1.07. The van der Waals surface area contributed by atoms with Gasteiger partial charge in [-0.25, -0.2) is 0 Å². The van der Waals surface area contributed by atoms with Crippen molar-refractivity contribution >= 4 is 5.57 Å². The van der Waals surface area contributed by atoms with Crippen LogP contribution in [0.5, 0.6) is 5.75 Å². The highest BCUT2D eigenvalue weighted by molar-refractivity contribution is 5.65. The molecule has 0 unspecified atom stereocenters. The third-order valence-electron chi connectivity index (χ3n) is 1.68. The molecule has 0 saturated heterocycles. The van der Waals surface area contributed by atoms with E-state index in [1.165, 1.54) is 0 Å². The maximum absolute atomic E-state index is 9.15. The molecule has 1 N–H and O–H groups in total.